The van der Waals surface area contributed by atoms with Crippen LogP contribution in [0.25, 0.3) is 0 Å². The van der Waals surface area contributed by atoms with Gasteiger partial charge in [0, 0.05) is 24.7 Å². The van der Waals surface area contributed by atoms with Crippen molar-refractivity contribution >= 4 is 15.8 Å². The van der Waals surface area contributed by atoms with Gasteiger partial charge in [-0.05, 0) is 50.8 Å². The molecule has 1 heterocycles. The van der Waals surface area contributed by atoms with Crippen molar-refractivity contribution in [3.63, 3.8) is 0 Å². The van der Waals surface area contributed by atoms with Gasteiger partial charge in [0.1, 0.15) is 0 Å². The molecule has 0 radical (unpaired) electrons. The highest BCUT2D eigenvalue weighted by atomic mass is 32.2. The molecule has 6 heteroatoms. The maximum absolute atomic E-state index is 12.5. The molecule has 2 aliphatic rings. The molecule has 0 aromatic heterocycles. The Bertz CT molecular complexity index is 668. The summed E-state index contributed by atoms with van der Waals surface area (Å²) in [6, 6.07) is 6.19. The van der Waals surface area contributed by atoms with Crippen LogP contribution < -0.4 is 4.72 Å². The van der Waals surface area contributed by atoms with Crippen LogP contribution in [0.5, 0.6) is 0 Å². The van der Waals surface area contributed by atoms with Crippen molar-refractivity contribution in [1.29, 1.82) is 0 Å². The van der Waals surface area contributed by atoms with E-state index >= 15 is 0 Å². The van der Waals surface area contributed by atoms with Gasteiger partial charge in [-0.3, -0.25) is 4.79 Å². The van der Waals surface area contributed by atoms with Crippen LogP contribution in [0.3, 0.4) is 0 Å². The van der Waals surface area contributed by atoms with Gasteiger partial charge in [-0.25, -0.2) is 13.1 Å². The number of carbonyl (C=O) groups excluding carboxylic acids is 1. The predicted octanol–water partition coefficient (Wildman–Crippen LogP) is 1.65. The van der Waals surface area contributed by atoms with Gasteiger partial charge in [-0.2, -0.15) is 0 Å². The lowest BCUT2D eigenvalue weighted by Gasteiger charge is -2.16. The number of rotatable bonds is 6. The van der Waals surface area contributed by atoms with Crippen LogP contribution in [-0.4, -0.2) is 44.8 Å². The molecule has 0 amide bonds. The van der Waals surface area contributed by atoms with Gasteiger partial charge in [0.15, 0.2) is 5.78 Å². The third-order valence-corrected chi connectivity index (χ3v) is 5.88. The maximum atomic E-state index is 12.5. The van der Waals surface area contributed by atoms with E-state index in [4.69, 9.17) is 0 Å². The summed E-state index contributed by atoms with van der Waals surface area (Å²) < 4.78 is 27.7. The lowest BCUT2D eigenvalue weighted by atomic mass is 10.2. The summed E-state index contributed by atoms with van der Waals surface area (Å²) in [6.45, 7) is 4.27. The zero-order chi connectivity index (χ0) is 15.7. The second-order valence-electron chi connectivity index (χ2n) is 6.39. The molecule has 0 unspecified atom stereocenters. The first-order valence-electron chi connectivity index (χ1n) is 7.80. The van der Waals surface area contributed by atoms with Crippen LogP contribution in [0.15, 0.2) is 29.2 Å². The molecule has 0 bridgehead atoms. The van der Waals surface area contributed by atoms with Gasteiger partial charge in [0.25, 0.3) is 0 Å². The highest BCUT2D eigenvalue weighted by molar-refractivity contribution is 7.89. The molecule has 3 rings (SSSR count). The fraction of sp³-hybridized carbons (Fsp3) is 0.562. The van der Waals surface area contributed by atoms with E-state index < -0.39 is 10.0 Å². The van der Waals surface area contributed by atoms with E-state index in [1.165, 1.54) is 31.9 Å². The van der Waals surface area contributed by atoms with Gasteiger partial charge in [-0.1, -0.05) is 12.1 Å². The summed E-state index contributed by atoms with van der Waals surface area (Å²) in [4.78, 5) is 13.9. The second-order valence-corrected chi connectivity index (χ2v) is 8.11. The van der Waals surface area contributed by atoms with E-state index in [1.54, 1.807) is 12.1 Å². The van der Waals surface area contributed by atoms with E-state index in [0.717, 1.165) is 32.0 Å². The Morgan fingerprint density at radius 3 is 2.77 bits per heavy atom. The van der Waals surface area contributed by atoms with Crippen molar-refractivity contribution in [1.82, 2.24) is 9.62 Å². The van der Waals surface area contributed by atoms with Gasteiger partial charge in [0.2, 0.25) is 10.0 Å². The first kappa shape index (κ1) is 15.6. The second kappa shape index (κ2) is 6.10. The zero-order valence-corrected chi connectivity index (χ0v) is 13.6. The van der Waals surface area contributed by atoms with E-state index in [1.807, 2.05) is 0 Å². The van der Waals surface area contributed by atoms with Crippen molar-refractivity contribution in [3.05, 3.63) is 29.8 Å². The smallest absolute Gasteiger partial charge is 0.240 e. The van der Waals surface area contributed by atoms with E-state index in [0.29, 0.717) is 5.56 Å². The number of nitrogens with zero attached hydrogens (tertiary/aromatic N) is 1. The minimum absolute atomic E-state index is 0.0373. The molecule has 1 aliphatic heterocycles. The molecular formula is C16H22N2O3S. The van der Waals surface area contributed by atoms with Crippen molar-refractivity contribution < 1.29 is 13.2 Å². The lowest BCUT2D eigenvalue weighted by molar-refractivity contribution is 0.101. The Morgan fingerprint density at radius 1 is 1.32 bits per heavy atom. The molecule has 1 aliphatic carbocycles. The van der Waals surface area contributed by atoms with Crippen molar-refractivity contribution in [3.8, 4) is 0 Å². The Balaban J connectivity index is 1.65. The maximum Gasteiger partial charge on any atom is 0.240 e. The average molecular weight is 322 g/mol. The third kappa shape index (κ3) is 3.74. The molecule has 2 fully saturated rings. The molecule has 1 atom stereocenters. The Hall–Kier alpha value is -1.24. The number of likely N-dealkylation sites (tertiary alicyclic amines) is 1. The monoisotopic (exact) mass is 322 g/mol. The quantitative estimate of drug-likeness (QED) is 0.809. The normalized spacial score (nSPS) is 22.9. The lowest BCUT2D eigenvalue weighted by Crippen LogP contribution is -2.37. The minimum Gasteiger partial charge on any atom is -0.301 e. The molecule has 1 saturated carbocycles. The van der Waals surface area contributed by atoms with Crippen molar-refractivity contribution in [2.24, 2.45) is 5.92 Å². The molecule has 0 spiro atoms. The van der Waals surface area contributed by atoms with Gasteiger partial charge >= 0.3 is 0 Å². The number of carbonyl (C=O) groups is 1. The van der Waals surface area contributed by atoms with Gasteiger partial charge < -0.3 is 4.90 Å². The summed E-state index contributed by atoms with van der Waals surface area (Å²) in [5.41, 5.74) is 0.421. The average Bonchev–Trinajstić information content (AvgIpc) is 3.18. The number of nitrogens with one attached hydrogen (secondary N) is 1. The Morgan fingerprint density at radius 2 is 2.09 bits per heavy atom. The number of hydrogen-bond donors (Lipinski definition) is 1. The predicted molar refractivity (Wildman–Crippen MR) is 84.3 cm³/mol. The van der Waals surface area contributed by atoms with Crippen LogP contribution >= 0.6 is 0 Å². The molecule has 1 aromatic carbocycles. The number of hydrogen-bond acceptors (Lipinski definition) is 4. The fourth-order valence-corrected chi connectivity index (χ4v) is 4.24. The van der Waals surface area contributed by atoms with E-state index in [9.17, 15) is 13.2 Å². The molecule has 120 valence electrons. The molecular weight excluding hydrogens is 300 g/mol. The summed E-state index contributed by atoms with van der Waals surface area (Å²) in [6.07, 6.45) is 3.47. The van der Waals surface area contributed by atoms with E-state index in [-0.39, 0.29) is 16.7 Å². The number of Topliss-reactive ketones (excluding diaryl/α,β-unsaturated/α-hetero) is 1. The minimum atomic E-state index is -3.56. The molecule has 1 saturated heterocycles. The van der Waals surface area contributed by atoms with Crippen LogP contribution in [0.2, 0.25) is 0 Å². The number of ketones is 1. The van der Waals surface area contributed by atoms with Crippen molar-refractivity contribution in [2.75, 3.05) is 19.6 Å². The SMILES string of the molecule is CC(=O)c1cccc(S(=O)(=O)N[C@@H]2CCN(CC3CC3)C2)c1. The van der Waals surface area contributed by atoms with E-state index in [2.05, 4.69) is 9.62 Å². The molecule has 5 nitrogen and oxygen atoms in total. The van der Waals surface area contributed by atoms with Crippen LogP contribution in [0, 0.1) is 5.92 Å². The molecule has 1 N–H and O–H groups in total. The summed E-state index contributed by atoms with van der Waals surface area (Å²) in [5, 5.41) is 0. The molecule has 22 heavy (non-hydrogen) atoms. The zero-order valence-electron chi connectivity index (χ0n) is 12.8. The van der Waals surface area contributed by atoms with Gasteiger partial charge in [0.05, 0.1) is 4.90 Å². The van der Waals surface area contributed by atoms with Crippen LogP contribution in [-0.2, 0) is 10.0 Å². The number of sulfonamides is 1. The highest BCUT2D eigenvalue weighted by Crippen LogP contribution is 2.30. The Kier molecular flexibility index (Phi) is 4.34. The summed E-state index contributed by atoms with van der Waals surface area (Å²) >= 11 is 0. The largest absolute Gasteiger partial charge is 0.301 e. The topological polar surface area (TPSA) is 66.5 Å². The fourth-order valence-electron chi connectivity index (χ4n) is 2.93. The third-order valence-electron chi connectivity index (χ3n) is 4.36. The standard InChI is InChI=1S/C16H22N2O3S/c1-12(19)14-3-2-4-16(9-14)22(20,21)17-15-7-8-18(11-15)10-13-5-6-13/h2-4,9,13,15,17H,5-8,10-11H2,1H3/t15-/m1/s1. The summed E-state index contributed by atoms with van der Waals surface area (Å²) in [7, 11) is -3.56. The van der Waals surface area contributed by atoms with Gasteiger partial charge in [-0.15, -0.1) is 0 Å². The first-order valence-corrected chi connectivity index (χ1v) is 9.28. The van der Waals surface area contributed by atoms with Crippen LogP contribution in [0.1, 0.15) is 36.5 Å². The summed E-state index contributed by atoms with van der Waals surface area (Å²) in [5.74, 6) is 0.691. The number of benzene rings is 1. The van der Waals surface area contributed by atoms with Crippen molar-refractivity contribution in [2.45, 2.75) is 37.1 Å². The molecule has 1 aromatic rings. The van der Waals surface area contributed by atoms with Crippen LogP contribution in [0.4, 0.5) is 0 Å². The first-order chi connectivity index (χ1) is 10.4. The Labute approximate surface area is 131 Å². The highest BCUT2D eigenvalue weighted by Gasteiger charge is 2.31.